The van der Waals surface area contributed by atoms with E-state index in [2.05, 4.69) is 21.3 Å². The summed E-state index contributed by atoms with van der Waals surface area (Å²) in [6.07, 6.45) is -3.47. The van der Waals surface area contributed by atoms with E-state index >= 15 is 0 Å². The van der Waals surface area contributed by atoms with E-state index in [1.165, 1.54) is 0 Å². The molecule has 2 aromatic carbocycles. The van der Waals surface area contributed by atoms with Crippen molar-refractivity contribution in [3.05, 3.63) is 128 Å². The van der Waals surface area contributed by atoms with Crippen molar-refractivity contribution in [2.45, 2.75) is 76.9 Å². The van der Waals surface area contributed by atoms with Gasteiger partial charge in [0, 0.05) is 0 Å². The molecule has 0 unspecified atom stereocenters. The molecule has 18 nitrogen and oxygen atoms in total. The Morgan fingerprint density at radius 3 is 1.20 bits per heavy atom. The zero-order chi connectivity index (χ0) is 41.1. The SMILES string of the molecule is CC(C)[C@H](NC(=O)c1ccc([N+](=O)[O-])o1)C(=O)N[C@@H](Cc1ccccc1)[C@@H](O)[C@H](O)[C@H](Cc1ccccc1)NC(=O)[C@@H](NC(=O)c1ccc([N+](=O)[O-])o1)C(C)C. The predicted molar refractivity (Wildman–Crippen MR) is 199 cm³/mol. The second kappa shape index (κ2) is 19.3. The van der Waals surface area contributed by atoms with Gasteiger partial charge < -0.3 is 40.3 Å². The van der Waals surface area contributed by atoms with Crippen molar-refractivity contribution in [2.75, 3.05) is 0 Å². The first-order valence-corrected chi connectivity index (χ1v) is 17.7. The van der Waals surface area contributed by atoms with Crippen molar-refractivity contribution in [2.24, 2.45) is 11.8 Å². The van der Waals surface area contributed by atoms with Crippen LogP contribution < -0.4 is 21.3 Å². The van der Waals surface area contributed by atoms with E-state index in [9.17, 15) is 49.6 Å². The Morgan fingerprint density at radius 1 is 0.571 bits per heavy atom. The molecule has 0 aliphatic rings. The lowest BCUT2D eigenvalue weighted by molar-refractivity contribution is -0.402. The van der Waals surface area contributed by atoms with Gasteiger partial charge in [0.25, 0.3) is 11.8 Å². The van der Waals surface area contributed by atoms with Gasteiger partial charge in [0.1, 0.15) is 34.1 Å². The molecule has 0 radical (unpaired) electrons. The van der Waals surface area contributed by atoms with Crippen molar-refractivity contribution in [1.82, 2.24) is 21.3 Å². The van der Waals surface area contributed by atoms with Crippen molar-refractivity contribution in [3.63, 3.8) is 0 Å². The minimum atomic E-state index is -1.74. The molecule has 0 spiro atoms. The van der Waals surface area contributed by atoms with E-state index in [0.717, 1.165) is 24.3 Å². The van der Waals surface area contributed by atoms with Gasteiger partial charge in [0.15, 0.2) is 11.5 Å². The molecule has 2 heterocycles. The summed E-state index contributed by atoms with van der Waals surface area (Å²) in [7, 11) is 0. The van der Waals surface area contributed by atoms with Crippen molar-refractivity contribution >= 4 is 35.4 Å². The van der Waals surface area contributed by atoms with E-state index in [1.807, 2.05) is 0 Å². The molecule has 0 fully saturated rings. The fourth-order valence-electron chi connectivity index (χ4n) is 5.86. The van der Waals surface area contributed by atoms with Crippen molar-refractivity contribution < 1.29 is 48.1 Å². The summed E-state index contributed by atoms with van der Waals surface area (Å²) in [4.78, 5) is 74.1. The van der Waals surface area contributed by atoms with E-state index in [4.69, 9.17) is 8.83 Å². The third-order valence-corrected chi connectivity index (χ3v) is 8.89. The van der Waals surface area contributed by atoms with Gasteiger partial charge in [-0.3, -0.25) is 39.4 Å². The lowest BCUT2D eigenvalue weighted by Crippen LogP contribution is -2.61. The third-order valence-electron chi connectivity index (χ3n) is 8.89. The van der Waals surface area contributed by atoms with Gasteiger partial charge in [-0.1, -0.05) is 88.4 Å². The molecular formula is C38H44N6O12. The maximum atomic E-state index is 13.8. The fourth-order valence-corrected chi connectivity index (χ4v) is 5.86. The van der Waals surface area contributed by atoms with Crippen LogP contribution in [0.5, 0.6) is 0 Å². The van der Waals surface area contributed by atoms with Crippen LogP contribution in [0.3, 0.4) is 0 Å². The predicted octanol–water partition coefficient (Wildman–Crippen LogP) is 3.07. The Labute approximate surface area is 321 Å². The Morgan fingerprint density at radius 2 is 0.911 bits per heavy atom. The van der Waals surface area contributed by atoms with Gasteiger partial charge in [-0.25, -0.2) is 0 Å². The molecule has 56 heavy (non-hydrogen) atoms. The van der Waals surface area contributed by atoms with Gasteiger partial charge in [-0.2, -0.15) is 0 Å². The summed E-state index contributed by atoms with van der Waals surface area (Å²) in [6, 6.07) is 16.9. The van der Waals surface area contributed by atoms with Crippen LogP contribution in [0.2, 0.25) is 0 Å². The molecule has 6 atom stereocenters. The number of carbonyl (C=O) groups is 4. The Hall–Kier alpha value is -6.40. The summed E-state index contributed by atoms with van der Waals surface area (Å²) in [5, 5.41) is 56.4. The first-order valence-electron chi connectivity index (χ1n) is 17.7. The van der Waals surface area contributed by atoms with Crippen LogP contribution in [0, 0.1) is 32.1 Å². The molecule has 0 bridgehead atoms. The van der Waals surface area contributed by atoms with Gasteiger partial charge in [0.05, 0.1) is 24.2 Å². The topological polar surface area (TPSA) is 269 Å². The van der Waals surface area contributed by atoms with Gasteiger partial charge in [-0.05, 0) is 47.9 Å². The van der Waals surface area contributed by atoms with Crippen LogP contribution in [0.1, 0.15) is 59.9 Å². The molecule has 18 heteroatoms. The molecule has 2 aromatic heterocycles. The molecular weight excluding hydrogens is 732 g/mol. The number of rotatable bonds is 19. The summed E-state index contributed by atoms with van der Waals surface area (Å²) in [5.41, 5.74) is 1.34. The van der Waals surface area contributed by atoms with Crippen LogP contribution in [0.25, 0.3) is 0 Å². The van der Waals surface area contributed by atoms with Crippen LogP contribution in [0.4, 0.5) is 11.8 Å². The number of benzene rings is 2. The number of nitrogens with one attached hydrogen (secondary N) is 4. The number of carbonyl (C=O) groups excluding carboxylic acids is 4. The van der Waals surface area contributed by atoms with Gasteiger partial charge >= 0.3 is 11.8 Å². The summed E-state index contributed by atoms with van der Waals surface area (Å²) < 4.78 is 9.97. The summed E-state index contributed by atoms with van der Waals surface area (Å²) >= 11 is 0. The van der Waals surface area contributed by atoms with Crippen LogP contribution in [-0.2, 0) is 22.4 Å². The smallest absolute Gasteiger partial charge is 0.395 e. The highest BCUT2D eigenvalue weighted by molar-refractivity contribution is 5.96. The van der Waals surface area contributed by atoms with Crippen LogP contribution in [0.15, 0.2) is 93.8 Å². The average Bonchev–Trinajstić information content (AvgIpc) is 3.87. The first-order chi connectivity index (χ1) is 26.5. The summed E-state index contributed by atoms with van der Waals surface area (Å²) in [5.74, 6) is -6.44. The number of amides is 4. The number of aliphatic hydroxyl groups is 2. The Kier molecular flexibility index (Phi) is 14.6. The van der Waals surface area contributed by atoms with E-state index < -0.39 is 105 Å². The molecule has 4 rings (SSSR count). The highest BCUT2D eigenvalue weighted by Crippen LogP contribution is 2.20. The zero-order valence-corrected chi connectivity index (χ0v) is 31.0. The molecule has 4 amide bonds. The second-order valence-electron chi connectivity index (χ2n) is 13.8. The summed E-state index contributed by atoms with van der Waals surface area (Å²) in [6.45, 7) is 6.59. The zero-order valence-electron chi connectivity index (χ0n) is 31.0. The normalized spacial score (nSPS) is 14.5. The average molecular weight is 777 g/mol. The number of furan rings is 2. The lowest BCUT2D eigenvalue weighted by atomic mass is 9.90. The largest absolute Gasteiger partial charge is 0.433 e. The molecule has 0 saturated carbocycles. The minimum absolute atomic E-state index is 0.0000887. The quantitative estimate of drug-likeness (QED) is 0.0593. The lowest BCUT2D eigenvalue weighted by Gasteiger charge is -2.35. The van der Waals surface area contributed by atoms with E-state index in [0.29, 0.717) is 11.1 Å². The third kappa shape index (κ3) is 11.3. The van der Waals surface area contributed by atoms with Gasteiger partial charge in [0.2, 0.25) is 11.8 Å². The molecule has 0 aliphatic heterocycles. The van der Waals surface area contributed by atoms with E-state index in [-0.39, 0.29) is 12.8 Å². The monoisotopic (exact) mass is 776 g/mol. The van der Waals surface area contributed by atoms with Crippen molar-refractivity contribution in [1.29, 1.82) is 0 Å². The number of hydrogen-bond donors (Lipinski definition) is 6. The Bertz CT molecular complexity index is 1840. The highest BCUT2D eigenvalue weighted by Gasteiger charge is 2.38. The van der Waals surface area contributed by atoms with Crippen LogP contribution >= 0.6 is 0 Å². The molecule has 298 valence electrons. The maximum absolute atomic E-state index is 13.8. The molecule has 0 saturated heterocycles. The van der Waals surface area contributed by atoms with Crippen LogP contribution in [-0.4, -0.2) is 80.1 Å². The van der Waals surface area contributed by atoms with E-state index in [1.54, 1.807) is 88.4 Å². The molecule has 6 N–H and O–H groups in total. The first kappa shape index (κ1) is 42.3. The second-order valence-corrected chi connectivity index (χ2v) is 13.8. The molecule has 0 aliphatic carbocycles. The maximum Gasteiger partial charge on any atom is 0.433 e. The van der Waals surface area contributed by atoms with Gasteiger partial charge in [-0.15, -0.1) is 0 Å². The number of hydrogen-bond acceptors (Lipinski definition) is 12. The van der Waals surface area contributed by atoms with Crippen molar-refractivity contribution in [3.8, 4) is 0 Å². The minimum Gasteiger partial charge on any atom is -0.395 e. The number of nitro groups is 2. The fraction of sp³-hybridized carbons (Fsp3) is 0.368. The Balaban J connectivity index is 1.60. The number of nitrogens with zero attached hydrogens (tertiary/aromatic N) is 2. The molecule has 4 aromatic rings. The highest BCUT2D eigenvalue weighted by atomic mass is 16.7. The number of aliphatic hydroxyl groups excluding tert-OH is 2. The standard InChI is InChI=1S/C38H44N6O12/c1-21(2)31(41-35(47)27-15-17-29(55-27)43(51)52)37(49)39-25(19-23-11-7-5-8-12-23)33(45)34(46)26(20-24-13-9-6-10-14-24)40-38(50)32(22(3)4)42-36(48)28-16-18-30(56-28)44(53)54/h5-18,21-22,25-26,31-34,45-46H,19-20H2,1-4H3,(H,39,49)(H,40,50)(H,41,47)(H,42,48)/t25-,26-,31-,32-,33+,34+/m0/s1.